The molecule has 1 aromatic carbocycles. The van der Waals surface area contributed by atoms with Crippen molar-refractivity contribution in [1.29, 1.82) is 0 Å². The van der Waals surface area contributed by atoms with Gasteiger partial charge in [-0.15, -0.1) is 0 Å². The van der Waals surface area contributed by atoms with Crippen molar-refractivity contribution in [2.24, 2.45) is 5.92 Å². The Labute approximate surface area is 110 Å². The largest absolute Gasteiger partial charge is 0.399 e. The molecule has 3 nitrogen and oxygen atoms in total. The van der Waals surface area contributed by atoms with Crippen molar-refractivity contribution in [2.75, 3.05) is 25.5 Å². The van der Waals surface area contributed by atoms with Crippen LogP contribution in [0.5, 0.6) is 0 Å². The maximum Gasteiger partial charge on any atom is 0.0494 e. The SMILES string of the molecule is Cc1cc(CNCCCOCC2CC2)ccc1N. The van der Waals surface area contributed by atoms with Gasteiger partial charge in [-0.25, -0.2) is 0 Å². The van der Waals surface area contributed by atoms with E-state index in [0.29, 0.717) is 0 Å². The Morgan fingerprint density at radius 3 is 2.94 bits per heavy atom. The van der Waals surface area contributed by atoms with Gasteiger partial charge in [-0.05, 0) is 55.8 Å². The van der Waals surface area contributed by atoms with E-state index in [1.165, 1.54) is 18.4 Å². The summed E-state index contributed by atoms with van der Waals surface area (Å²) in [5, 5.41) is 3.43. The Hall–Kier alpha value is -1.06. The monoisotopic (exact) mass is 248 g/mol. The number of nitrogen functional groups attached to an aromatic ring is 1. The molecular formula is C15H24N2O. The van der Waals surface area contributed by atoms with Gasteiger partial charge in [-0.2, -0.15) is 0 Å². The quantitative estimate of drug-likeness (QED) is 0.549. The second-order valence-electron chi connectivity index (χ2n) is 5.24. The van der Waals surface area contributed by atoms with Crippen molar-refractivity contribution >= 4 is 5.69 Å². The fourth-order valence-electron chi connectivity index (χ4n) is 1.91. The van der Waals surface area contributed by atoms with Crippen LogP contribution >= 0.6 is 0 Å². The molecule has 2 rings (SSSR count). The number of aryl methyl sites for hydroxylation is 1. The molecule has 1 aliphatic carbocycles. The fourth-order valence-corrected chi connectivity index (χ4v) is 1.91. The molecule has 0 aliphatic heterocycles. The molecule has 0 heterocycles. The number of anilines is 1. The Balaban J connectivity index is 1.52. The predicted octanol–water partition coefficient (Wildman–Crippen LogP) is 2.48. The number of benzene rings is 1. The molecule has 100 valence electrons. The maximum absolute atomic E-state index is 5.79. The number of nitrogens with two attached hydrogens (primary N) is 1. The predicted molar refractivity (Wildman–Crippen MR) is 75.5 cm³/mol. The lowest BCUT2D eigenvalue weighted by molar-refractivity contribution is 0.122. The minimum atomic E-state index is 0.868. The van der Waals surface area contributed by atoms with Crippen LogP contribution in [0.4, 0.5) is 5.69 Å². The first kappa shape index (κ1) is 13.4. The van der Waals surface area contributed by atoms with Crippen LogP contribution in [0.3, 0.4) is 0 Å². The third-order valence-electron chi connectivity index (χ3n) is 3.36. The van der Waals surface area contributed by atoms with Crippen molar-refractivity contribution in [3.8, 4) is 0 Å². The zero-order valence-corrected chi connectivity index (χ0v) is 11.2. The summed E-state index contributed by atoms with van der Waals surface area (Å²) in [5.74, 6) is 0.871. The first-order chi connectivity index (χ1) is 8.75. The molecule has 0 unspecified atom stereocenters. The fraction of sp³-hybridized carbons (Fsp3) is 0.600. The summed E-state index contributed by atoms with van der Waals surface area (Å²) in [4.78, 5) is 0. The molecule has 0 atom stereocenters. The highest BCUT2D eigenvalue weighted by atomic mass is 16.5. The average Bonchev–Trinajstić information content (AvgIpc) is 3.16. The van der Waals surface area contributed by atoms with Crippen molar-refractivity contribution in [1.82, 2.24) is 5.32 Å². The molecule has 1 fully saturated rings. The minimum absolute atomic E-state index is 0.868. The molecule has 1 aliphatic rings. The maximum atomic E-state index is 5.79. The standard InChI is InChI=1S/C15H24N2O/c1-12-9-14(5-6-15(12)16)10-17-7-2-8-18-11-13-3-4-13/h5-6,9,13,17H,2-4,7-8,10-11,16H2,1H3. The van der Waals surface area contributed by atoms with Crippen LogP contribution in [0.2, 0.25) is 0 Å². The smallest absolute Gasteiger partial charge is 0.0494 e. The summed E-state index contributed by atoms with van der Waals surface area (Å²) in [7, 11) is 0. The number of rotatable bonds is 8. The Morgan fingerprint density at radius 2 is 2.22 bits per heavy atom. The van der Waals surface area contributed by atoms with Gasteiger partial charge in [0.2, 0.25) is 0 Å². The summed E-state index contributed by atoms with van der Waals surface area (Å²) in [6, 6.07) is 6.20. The van der Waals surface area contributed by atoms with E-state index in [-0.39, 0.29) is 0 Å². The molecule has 0 spiro atoms. The summed E-state index contributed by atoms with van der Waals surface area (Å²) in [6.45, 7) is 5.81. The van der Waals surface area contributed by atoms with E-state index >= 15 is 0 Å². The van der Waals surface area contributed by atoms with Gasteiger partial charge in [0.05, 0.1) is 0 Å². The van der Waals surface area contributed by atoms with Crippen LogP contribution in [0, 0.1) is 12.8 Å². The van der Waals surface area contributed by atoms with Gasteiger partial charge >= 0.3 is 0 Å². The third kappa shape index (κ3) is 4.67. The van der Waals surface area contributed by atoms with E-state index in [1.54, 1.807) is 0 Å². The van der Waals surface area contributed by atoms with E-state index in [1.807, 2.05) is 13.0 Å². The lowest BCUT2D eigenvalue weighted by Gasteiger charge is -2.07. The molecule has 1 aromatic rings. The van der Waals surface area contributed by atoms with Crippen LogP contribution in [0.1, 0.15) is 30.4 Å². The van der Waals surface area contributed by atoms with E-state index < -0.39 is 0 Å². The van der Waals surface area contributed by atoms with Crippen molar-refractivity contribution < 1.29 is 4.74 Å². The number of hydrogen-bond acceptors (Lipinski definition) is 3. The molecule has 3 heteroatoms. The second kappa shape index (κ2) is 6.76. The van der Waals surface area contributed by atoms with Gasteiger partial charge in [-0.1, -0.05) is 12.1 Å². The minimum Gasteiger partial charge on any atom is -0.399 e. The number of nitrogens with one attached hydrogen (secondary N) is 1. The summed E-state index contributed by atoms with van der Waals surface area (Å²) < 4.78 is 5.59. The van der Waals surface area contributed by atoms with Crippen molar-refractivity contribution in [3.63, 3.8) is 0 Å². The van der Waals surface area contributed by atoms with Crippen molar-refractivity contribution in [3.05, 3.63) is 29.3 Å². The van der Waals surface area contributed by atoms with Gasteiger partial charge in [-0.3, -0.25) is 0 Å². The van der Waals surface area contributed by atoms with Crippen LogP contribution in [-0.4, -0.2) is 19.8 Å². The molecule has 0 amide bonds. The molecule has 0 aromatic heterocycles. The van der Waals surface area contributed by atoms with Gasteiger partial charge in [0.25, 0.3) is 0 Å². The molecule has 18 heavy (non-hydrogen) atoms. The van der Waals surface area contributed by atoms with E-state index in [9.17, 15) is 0 Å². The molecule has 0 radical (unpaired) electrons. The zero-order chi connectivity index (χ0) is 12.8. The summed E-state index contributed by atoms with van der Waals surface area (Å²) in [6.07, 6.45) is 3.82. The third-order valence-corrected chi connectivity index (χ3v) is 3.36. The Morgan fingerprint density at radius 1 is 1.39 bits per heavy atom. The molecule has 0 bridgehead atoms. The van der Waals surface area contributed by atoms with Gasteiger partial charge in [0.15, 0.2) is 0 Å². The lowest BCUT2D eigenvalue weighted by atomic mass is 10.1. The van der Waals surface area contributed by atoms with E-state index in [0.717, 1.165) is 49.9 Å². The normalized spacial score (nSPS) is 14.9. The van der Waals surface area contributed by atoms with Crippen molar-refractivity contribution in [2.45, 2.75) is 32.7 Å². The molecule has 3 N–H and O–H groups in total. The zero-order valence-electron chi connectivity index (χ0n) is 11.2. The van der Waals surface area contributed by atoms with Crippen LogP contribution in [-0.2, 0) is 11.3 Å². The highest BCUT2D eigenvalue weighted by Gasteiger charge is 2.20. The van der Waals surface area contributed by atoms with E-state index in [4.69, 9.17) is 10.5 Å². The van der Waals surface area contributed by atoms with Crippen LogP contribution < -0.4 is 11.1 Å². The summed E-state index contributed by atoms with van der Waals surface area (Å²) in [5.41, 5.74) is 9.11. The highest BCUT2D eigenvalue weighted by Crippen LogP contribution is 2.28. The first-order valence-corrected chi connectivity index (χ1v) is 6.89. The Kier molecular flexibility index (Phi) is 5.02. The molecule has 0 saturated heterocycles. The van der Waals surface area contributed by atoms with Gasteiger partial charge < -0.3 is 15.8 Å². The second-order valence-corrected chi connectivity index (χ2v) is 5.24. The molecular weight excluding hydrogens is 224 g/mol. The number of hydrogen-bond donors (Lipinski definition) is 2. The number of ether oxygens (including phenoxy) is 1. The van der Waals surface area contributed by atoms with E-state index in [2.05, 4.69) is 17.4 Å². The first-order valence-electron chi connectivity index (χ1n) is 6.89. The average molecular weight is 248 g/mol. The lowest BCUT2D eigenvalue weighted by Crippen LogP contribution is -2.16. The van der Waals surface area contributed by atoms with Crippen LogP contribution in [0.15, 0.2) is 18.2 Å². The highest BCUT2D eigenvalue weighted by molar-refractivity contribution is 5.47. The molecule has 1 saturated carbocycles. The van der Waals surface area contributed by atoms with Gasteiger partial charge in [0, 0.05) is 25.4 Å². The van der Waals surface area contributed by atoms with Gasteiger partial charge in [0.1, 0.15) is 0 Å². The Bertz CT molecular complexity index is 375. The van der Waals surface area contributed by atoms with Crippen LogP contribution in [0.25, 0.3) is 0 Å². The topological polar surface area (TPSA) is 47.3 Å². The summed E-state index contributed by atoms with van der Waals surface area (Å²) >= 11 is 0.